The van der Waals surface area contributed by atoms with Crippen molar-refractivity contribution < 1.29 is 26.3 Å². The molecule has 0 radical (unpaired) electrons. The molecule has 0 spiro atoms. The minimum absolute atomic E-state index is 0.0453. The van der Waals surface area contributed by atoms with Gasteiger partial charge in [0.25, 0.3) is 0 Å². The van der Waals surface area contributed by atoms with Crippen molar-refractivity contribution in [3.63, 3.8) is 0 Å². The Hall–Kier alpha value is -0.850. The Bertz CT molecular complexity index is 406. The number of hydrogen-bond acceptors (Lipinski definition) is 3. The Morgan fingerprint density at radius 2 is 2.47 bits per heavy atom. The van der Waals surface area contributed by atoms with Crippen molar-refractivity contribution in [2.24, 2.45) is 0 Å². The van der Waals surface area contributed by atoms with E-state index in [9.17, 15) is 4.79 Å². The first-order valence-corrected chi connectivity index (χ1v) is 7.39. The SMILES string of the molecule is CC(=O)Nc1cnc2c(c1C)CC[I-]N2. The number of aromatic nitrogens is 1. The molecule has 0 aromatic carbocycles. The molecular weight excluding hydrogens is 305 g/mol. The van der Waals surface area contributed by atoms with Crippen molar-refractivity contribution in [2.75, 3.05) is 13.3 Å². The molecule has 82 valence electrons. The molecule has 1 aliphatic heterocycles. The van der Waals surface area contributed by atoms with Crippen LogP contribution in [-0.2, 0) is 11.2 Å². The van der Waals surface area contributed by atoms with Gasteiger partial charge in [-0.2, -0.15) is 0 Å². The van der Waals surface area contributed by atoms with Crippen LogP contribution in [0.5, 0.6) is 0 Å². The number of rotatable bonds is 1. The van der Waals surface area contributed by atoms with Gasteiger partial charge in [0, 0.05) is 0 Å². The number of halogens is 1. The van der Waals surface area contributed by atoms with Gasteiger partial charge in [-0.25, -0.2) is 0 Å². The van der Waals surface area contributed by atoms with Crippen LogP contribution in [0.3, 0.4) is 0 Å². The summed E-state index contributed by atoms with van der Waals surface area (Å²) in [7, 11) is 0. The van der Waals surface area contributed by atoms with Crippen LogP contribution in [0.15, 0.2) is 6.20 Å². The van der Waals surface area contributed by atoms with Gasteiger partial charge in [-0.15, -0.1) is 0 Å². The molecule has 0 saturated heterocycles. The van der Waals surface area contributed by atoms with Crippen molar-refractivity contribution in [3.05, 3.63) is 17.3 Å². The number of alkyl halides is 1. The van der Waals surface area contributed by atoms with Crippen molar-refractivity contribution in [1.29, 1.82) is 0 Å². The molecule has 0 saturated carbocycles. The second-order valence-corrected chi connectivity index (χ2v) is 5.85. The number of carbonyl (C=O) groups excluding carboxylic acids is 1. The Labute approximate surface area is 99.5 Å². The van der Waals surface area contributed by atoms with E-state index < -0.39 is 0 Å². The molecular formula is C10H13IN3O-. The molecule has 1 aromatic heterocycles. The van der Waals surface area contributed by atoms with Crippen LogP contribution in [0.2, 0.25) is 0 Å². The standard InChI is InChI=1S/C10H13IN3O/c1-6-8-3-4-11-14-10(8)12-5-9(6)13-7(2)15/h5H,3-4H2,1-2H3,(H,12,14)(H,13,15)/q-1. The zero-order valence-corrected chi connectivity index (χ0v) is 10.9. The number of fused-ring (bicyclic) bond motifs is 1. The first-order chi connectivity index (χ1) is 7.18. The summed E-state index contributed by atoms with van der Waals surface area (Å²) in [5, 5.41) is 2.80. The van der Waals surface area contributed by atoms with Crippen LogP contribution in [0.4, 0.5) is 11.5 Å². The zero-order chi connectivity index (χ0) is 10.8. The maximum atomic E-state index is 11.0. The Balaban J connectivity index is 2.38. The molecule has 2 N–H and O–H groups in total. The summed E-state index contributed by atoms with van der Waals surface area (Å²) in [6.07, 6.45) is 2.82. The molecule has 1 aromatic rings. The first kappa shape index (κ1) is 10.7. The predicted octanol–water partition coefficient (Wildman–Crippen LogP) is -1.68. The van der Waals surface area contributed by atoms with E-state index in [0.717, 1.165) is 23.5 Å². The van der Waals surface area contributed by atoms with Gasteiger partial charge in [0.05, 0.1) is 0 Å². The van der Waals surface area contributed by atoms with E-state index in [4.69, 9.17) is 0 Å². The number of anilines is 2. The average Bonchev–Trinajstić information content (AvgIpc) is 2.22. The average molecular weight is 318 g/mol. The van der Waals surface area contributed by atoms with E-state index in [-0.39, 0.29) is 27.4 Å². The Morgan fingerprint density at radius 1 is 1.67 bits per heavy atom. The summed E-state index contributed by atoms with van der Waals surface area (Å²) in [4.78, 5) is 15.3. The molecule has 4 nitrogen and oxygen atoms in total. The second kappa shape index (κ2) is 4.34. The predicted molar refractivity (Wildman–Crippen MR) is 55.5 cm³/mol. The van der Waals surface area contributed by atoms with E-state index in [1.54, 1.807) is 6.20 Å². The van der Waals surface area contributed by atoms with Crippen LogP contribution in [0.25, 0.3) is 0 Å². The molecule has 0 aliphatic carbocycles. The quantitative estimate of drug-likeness (QED) is 0.370. The summed E-state index contributed by atoms with van der Waals surface area (Å²) in [6.45, 7) is 3.56. The Morgan fingerprint density at radius 3 is 3.20 bits per heavy atom. The third kappa shape index (κ3) is 2.22. The number of carbonyl (C=O) groups is 1. The fraction of sp³-hybridized carbons (Fsp3) is 0.400. The fourth-order valence-electron chi connectivity index (χ4n) is 1.60. The molecule has 0 bridgehead atoms. The molecule has 1 aliphatic rings. The molecule has 5 heteroatoms. The molecule has 2 rings (SSSR count). The molecule has 0 fully saturated rings. The molecule has 1 amide bonds. The van der Waals surface area contributed by atoms with Crippen LogP contribution < -0.4 is 30.3 Å². The maximum absolute atomic E-state index is 11.0. The number of nitrogens with zero attached hydrogens (tertiary/aromatic N) is 1. The monoisotopic (exact) mass is 318 g/mol. The number of hydrogen-bond donors (Lipinski definition) is 2. The van der Waals surface area contributed by atoms with Crippen LogP contribution in [-0.4, -0.2) is 15.3 Å². The van der Waals surface area contributed by atoms with Gasteiger partial charge in [-0.1, -0.05) is 0 Å². The van der Waals surface area contributed by atoms with E-state index in [0.29, 0.717) is 0 Å². The van der Waals surface area contributed by atoms with Crippen molar-refractivity contribution in [3.8, 4) is 0 Å². The number of amides is 1. The third-order valence-electron chi connectivity index (χ3n) is 2.37. The van der Waals surface area contributed by atoms with E-state index >= 15 is 0 Å². The first-order valence-electron chi connectivity index (χ1n) is 4.78. The molecule has 0 atom stereocenters. The number of nitrogens with one attached hydrogen (secondary N) is 2. The Kier molecular flexibility index (Phi) is 3.08. The van der Waals surface area contributed by atoms with E-state index in [1.165, 1.54) is 16.9 Å². The summed E-state index contributed by atoms with van der Waals surface area (Å²) < 4.78 is 4.60. The zero-order valence-electron chi connectivity index (χ0n) is 8.72. The van der Waals surface area contributed by atoms with Crippen molar-refractivity contribution in [1.82, 2.24) is 4.98 Å². The summed E-state index contributed by atoms with van der Waals surface area (Å²) in [5.74, 6) is 0.969. The normalized spacial score (nSPS) is 14.5. The molecule has 2 heterocycles. The second-order valence-electron chi connectivity index (χ2n) is 3.47. The van der Waals surface area contributed by atoms with Crippen molar-refractivity contribution >= 4 is 17.4 Å². The van der Waals surface area contributed by atoms with Crippen LogP contribution in [0.1, 0.15) is 18.1 Å². The topological polar surface area (TPSA) is 54.0 Å². The van der Waals surface area contributed by atoms with Crippen molar-refractivity contribution in [2.45, 2.75) is 20.3 Å². The molecule has 0 unspecified atom stereocenters. The van der Waals surface area contributed by atoms with Gasteiger partial charge < -0.3 is 0 Å². The van der Waals surface area contributed by atoms with E-state index in [2.05, 4.69) is 13.8 Å². The van der Waals surface area contributed by atoms with E-state index in [1.807, 2.05) is 6.92 Å². The molecule has 15 heavy (non-hydrogen) atoms. The minimum atomic E-state index is -0.0453. The van der Waals surface area contributed by atoms with Gasteiger partial charge in [0.2, 0.25) is 0 Å². The fourth-order valence-corrected chi connectivity index (χ4v) is 3.50. The summed E-state index contributed by atoms with van der Waals surface area (Å²) in [5.41, 5.74) is 3.24. The van der Waals surface area contributed by atoms with Crippen LogP contribution >= 0.6 is 0 Å². The third-order valence-corrected chi connectivity index (χ3v) is 4.34. The summed E-state index contributed by atoms with van der Waals surface area (Å²) in [6, 6.07) is 0. The van der Waals surface area contributed by atoms with Gasteiger partial charge >= 0.3 is 99.5 Å². The van der Waals surface area contributed by atoms with Gasteiger partial charge in [-0.05, 0) is 0 Å². The van der Waals surface area contributed by atoms with Gasteiger partial charge in [-0.3, -0.25) is 0 Å². The van der Waals surface area contributed by atoms with Gasteiger partial charge in [0.1, 0.15) is 0 Å². The summed E-state index contributed by atoms with van der Waals surface area (Å²) >= 11 is 0.0859. The van der Waals surface area contributed by atoms with Crippen LogP contribution in [0, 0.1) is 6.92 Å². The van der Waals surface area contributed by atoms with Gasteiger partial charge in [0.15, 0.2) is 0 Å². The number of pyridine rings is 1.